The maximum Gasteiger partial charge on any atom is 0.337 e. The Kier molecular flexibility index (Phi) is 5.80. The molecule has 1 atom stereocenters. The molecular weight excluding hydrogens is 328 g/mol. The van der Waals surface area contributed by atoms with Gasteiger partial charge < -0.3 is 4.74 Å². The fraction of sp³-hybridized carbons (Fsp3) is 0.353. The van der Waals surface area contributed by atoms with Crippen LogP contribution in [0.2, 0.25) is 0 Å². The van der Waals surface area contributed by atoms with Crippen molar-refractivity contribution in [3.8, 4) is 0 Å². The van der Waals surface area contributed by atoms with Crippen molar-refractivity contribution in [1.82, 2.24) is 8.61 Å². The first-order valence-electron chi connectivity index (χ1n) is 7.74. The number of hydrogen-bond acceptors (Lipinski definition) is 4. The van der Waals surface area contributed by atoms with Crippen molar-refractivity contribution in [3.05, 3.63) is 60.3 Å². The topological polar surface area (TPSA) is 66.9 Å². The van der Waals surface area contributed by atoms with Crippen LogP contribution >= 0.6 is 0 Å². The number of carbonyl (C=O) groups excluding carboxylic acids is 1. The van der Waals surface area contributed by atoms with Crippen LogP contribution < -0.4 is 0 Å². The van der Waals surface area contributed by atoms with Crippen LogP contribution in [0.3, 0.4) is 0 Å². The molecule has 7 heteroatoms. The fourth-order valence-corrected chi connectivity index (χ4v) is 4.15. The first kappa shape index (κ1) is 18.2. The smallest absolute Gasteiger partial charge is 0.337 e. The molecule has 0 saturated carbocycles. The second kappa shape index (κ2) is 7.63. The summed E-state index contributed by atoms with van der Waals surface area (Å²) in [6.45, 7) is 7.48. The molecule has 0 aliphatic carbocycles. The van der Waals surface area contributed by atoms with Crippen molar-refractivity contribution in [3.63, 3.8) is 0 Å². The Hall–Kier alpha value is -2.12. The summed E-state index contributed by atoms with van der Waals surface area (Å²) in [5, 5.41) is 0. The van der Waals surface area contributed by atoms with Crippen LogP contribution in [0.5, 0.6) is 0 Å². The molecular formula is C17H22N2O4S. The maximum absolute atomic E-state index is 12.9. The quantitative estimate of drug-likeness (QED) is 0.582. The van der Waals surface area contributed by atoms with E-state index in [-0.39, 0.29) is 19.7 Å². The molecule has 2 rings (SSSR count). The van der Waals surface area contributed by atoms with Crippen LogP contribution in [-0.2, 0) is 26.3 Å². The Bertz CT molecular complexity index is 728. The number of esters is 1. The van der Waals surface area contributed by atoms with Crippen molar-refractivity contribution in [1.29, 1.82) is 0 Å². The van der Waals surface area contributed by atoms with Gasteiger partial charge in [0.25, 0.3) is 0 Å². The van der Waals surface area contributed by atoms with E-state index in [9.17, 15) is 13.2 Å². The van der Waals surface area contributed by atoms with Crippen molar-refractivity contribution >= 4 is 16.2 Å². The second-order valence-electron chi connectivity index (χ2n) is 5.38. The van der Waals surface area contributed by atoms with E-state index in [1.165, 1.54) is 16.6 Å². The van der Waals surface area contributed by atoms with Gasteiger partial charge in [-0.1, -0.05) is 36.4 Å². The van der Waals surface area contributed by atoms with Crippen molar-refractivity contribution in [2.24, 2.45) is 0 Å². The van der Waals surface area contributed by atoms with Gasteiger partial charge in [-0.3, -0.25) is 4.31 Å². The van der Waals surface area contributed by atoms with Crippen LogP contribution in [0, 0.1) is 0 Å². The lowest BCUT2D eigenvalue weighted by Crippen LogP contribution is -2.51. The van der Waals surface area contributed by atoms with E-state index in [0.29, 0.717) is 5.57 Å². The molecule has 24 heavy (non-hydrogen) atoms. The first-order valence-corrected chi connectivity index (χ1v) is 9.13. The minimum Gasteiger partial charge on any atom is -0.463 e. The molecule has 6 nitrogen and oxygen atoms in total. The number of carbonyl (C=O) groups is 1. The molecule has 1 aromatic carbocycles. The highest BCUT2D eigenvalue weighted by atomic mass is 32.2. The van der Waals surface area contributed by atoms with Gasteiger partial charge in [0, 0.05) is 12.7 Å². The Balaban J connectivity index is 2.42. The van der Waals surface area contributed by atoms with E-state index in [0.717, 1.165) is 9.87 Å². The van der Waals surface area contributed by atoms with Gasteiger partial charge in [-0.15, -0.1) is 6.58 Å². The van der Waals surface area contributed by atoms with Crippen LogP contribution in [0.4, 0.5) is 0 Å². The van der Waals surface area contributed by atoms with Gasteiger partial charge in [0.1, 0.15) is 0 Å². The van der Waals surface area contributed by atoms with Gasteiger partial charge >= 0.3 is 16.2 Å². The Morgan fingerprint density at radius 2 is 2.00 bits per heavy atom. The fourth-order valence-electron chi connectivity index (χ4n) is 2.51. The van der Waals surface area contributed by atoms with Crippen LogP contribution in [0.25, 0.3) is 0 Å². The summed E-state index contributed by atoms with van der Waals surface area (Å²) in [6.07, 6.45) is 2.83. The summed E-state index contributed by atoms with van der Waals surface area (Å²) in [5.41, 5.74) is 1.15. The maximum atomic E-state index is 12.9. The summed E-state index contributed by atoms with van der Waals surface area (Å²) in [4.78, 5) is 12.2. The largest absolute Gasteiger partial charge is 0.463 e. The first-order chi connectivity index (χ1) is 11.4. The molecule has 1 aliphatic rings. The molecule has 0 N–H and O–H groups in total. The van der Waals surface area contributed by atoms with Crippen molar-refractivity contribution < 1.29 is 17.9 Å². The number of rotatable bonds is 6. The zero-order chi connectivity index (χ0) is 17.7. The standard InChI is InChI=1S/C17H22N2O4S/c1-4-11-18-13-16(17(20)23-5-2)14(3)19(24(18,21)22)12-15-9-7-6-8-10-15/h4,6-10,13-14H,1,5,11-12H2,2-3H3. The lowest BCUT2D eigenvalue weighted by Gasteiger charge is -2.38. The summed E-state index contributed by atoms with van der Waals surface area (Å²) < 4.78 is 33.2. The monoisotopic (exact) mass is 350 g/mol. The van der Waals surface area contributed by atoms with E-state index in [4.69, 9.17) is 4.74 Å². The molecule has 0 amide bonds. The van der Waals surface area contributed by atoms with Crippen molar-refractivity contribution in [2.75, 3.05) is 13.2 Å². The summed E-state index contributed by atoms with van der Waals surface area (Å²) in [5.74, 6) is -0.507. The zero-order valence-electron chi connectivity index (χ0n) is 13.9. The minimum absolute atomic E-state index is 0.0866. The average Bonchev–Trinajstić information content (AvgIpc) is 2.55. The number of benzene rings is 1. The van der Waals surface area contributed by atoms with Crippen LogP contribution in [0.15, 0.2) is 54.8 Å². The highest BCUT2D eigenvalue weighted by Crippen LogP contribution is 2.28. The SMILES string of the molecule is C=CCN1C=C(C(=O)OCC)C(C)N(Cc2ccccc2)S1(=O)=O. The Morgan fingerprint density at radius 1 is 1.33 bits per heavy atom. The van der Waals surface area contributed by atoms with Gasteiger partial charge in [0.15, 0.2) is 0 Å². The summed E-state index contributed by atoms with van der Waals surface area (Å²) in [7, 11) is -3.74. The molecule has 0 radical (unpaired) electrons. The highest BCUT2D eigenvalue weighted by Gasteiger charge is 2.40. The molecule has 0 spiro atoms. The van der Waals surface area contributed by atoms with Crippen LogP contribution in [0.1, 0.15) is 19.4 Å². The van der Waals surface area contributed by atoms with Crippen LogP contribution in [-0.4, -0.2) is 42.2 Å². The number of ether oxygens (including phenoxy) is 1. The molecule has 0 fully saturated rings. The lowest BCUT2D eigenvalue weighted by molar-refractivity contribution is -0.139. The van der Waals surface area contributed by atoms with Gasteiger partial charge in [0.05, 0.1) is 24.8 Å². The second-order valence-corrected chi connectivity index (χ2v) is 7.21. The zero-order valence-corrected chi connectivity index (χ0v) is 14.7. The lowest BCUT2D eigenvalue weighted by atomic mass is 10.1. The predicted molar refractivity (Wildman–Crippen MR) is 92.0 cm³/mol. The van der Waals surface area contributed by atoms with E-state index >= 15 is 0 Å². The van der Waals surface area contributed by atoms with E-state index in [1.54, 1.807) is 13.8 Å². The predicted octanol–water partition coefficient (Wildman–Crippen LogP) is 2.07. The van der Waals surface area contributed by atoms with Gasteiger partial charge in [-0.2, -0.15) is 12.7 Å². The highest BCUT2D eigenvalue weighted by molar-refractivity contribution is 7.86. The average molecular weight is 350 g/mol. The van der Waals surface area contributed by atoms with Gasteiger partial charge in [-0.05, 0) is 19.4 Å². The van der Waals surface area contributed by atoms with E-state index in [2.05, 4.69) is 6.58 Å². The van der Waals surface area contributed by atoms with Gasteiger partial charge in [-0.25, -0.2) is 4.79 Å². The van der Waals surface area contributed by atoms with E-state index < -0.39 is 22.2 Å². The van der Waals surface area contributed by atoms with Gasteiger partial charge in [0.2, 0.25) is 0 Å². The molecule has 1 aliphatic heterocycles. The molecule has 1 aromatic rings. The molecule has 1 unspecified atom stereocenters. The number of hydrogen-bond donors (Lipinski definition) is 0. The third kappa shape index (κ3) is 3.68. The minimum atomic E-state index is -3.74. The molecule has 0 bridgehead atoms. The molecule has 0 aromatic heterocycles. The summed E-state index contributed by atoms with van der Waals surface area (Å²) in [6, 6.07) is 8.65. The third-order valence-corrected chi connectivity index (χ3v) is 5.64. The van der Waals surface area contributed by atoms with Crippen molar-refractivity contribution in [2.45, 2.75) is 26.4 Å². The third-order valence-electron chi connectivity index (χ3n) is 3.76. The molecule has 130 valence electrons. The van der Waals surface area contributed by atoms with E-state index in [1.807, 2.05) is 30.3 Å². The molecule has 0 saturated heterocycles. The summed E-state index contributed by atoms with van der Waals surface area (Å²) >= 11 is 0. The number of nitrogens with zero attached hydrogens (tertiary/aromatic N) is 2. The molecule has 1 heterocycles. The Labute approximate surface area is 143 Å². The normalized spacial score (nSPS) is 20.3. The Morgan fingerprint density at radius 3 is 2.58 bits per heavy atom.